The summed E-state index contributed by atoms with van der Waals surface area (Å²) < 4.78 is 0. The Hall–Kier alpha value is -2.40. The molecule has 0 spiro atoms. The standard InChI is InChI=1S/C19H19N3OS/c23-18(14-16-5-3-13-24-16)21-9-11-22(12-10-21)19-17-6-2-1-4-15(17)7-8-20-19/h1-8,13H,9-12,14H2. The van der Waals surface area contributed by atoms with E-state index in [2.05, 4.69) is 22.0 Å². The number of piperazine rings is 1. The summed E-state index contributed by atoms with van der Waals surface area (Å²) in [5.41, 5.74) is 0. The summed E-state index contributed by atoms with van der Waals surface area (Å²) >= 11 is 1.65. The molecule has 0 unspecified atom stereocenters. The van der Waals surface area contributed by atoms with Crippen LogP contribution in [0.5, 0.6) is 0 Å². The maximum absolute atomic E-state index is 12.4. The highest BCUT2D eigenvalue weighted by atomic mass is 32.1. The molecule has 0 aliphatic carbocycles. The number of nitrogens with zero attached hydrogens (tertiary/aromatic N) is 3. The Kier molecular flexibility index (Phi) is 4.17. The maximum Gasteiger partial charge on any atom is 0.227 e. The number of hydrogen-bond acceptors (Lipinski definition) is 4. The van der Waals surface area contributed by atoms with Crippen LogP contribution < -0.4 is 4.90 Å². The van der Waals surface area contributed by atoms with Gasteiger partial charge in [-0.15, -0.1) is 11.3 Å². The number of hydrogen-bond donors (Lipinski definition) is 0. The Morgan fingerprint density at radius 1 is 1.04 bits per heavy atom. The number of thiophene rings is 1. The van der Waals surface area contributed by atoms with E-state index in [0.29, 0.717) is 6.42 Å². The van der Waals surface area contributed by atoms with Crippen LogP contribution >= 0.6 is 11.3 Å². The third-order valence-corrected chi connectivity index (χ3v) is 5.37. The minimum atomic E-state index is 0.225. The van der Waals surface area contributed by atoms with Gasteiger partial charge in [-0.1, -0.05) is 30.3 Å². The van der Waals surface area contributed by atoms with Gasteiger partial charge in [0.05, 0.1) is 6.42 Å². The molecule has 4 rings (SSSR count). The van der Waals surface area contributed by atoms with Crippen LogP contribution in [0.15, 0.2) is 54.0 Å². The largest absolute Gasteiger partial charge is 0.353 e. The topological polar surface area (TPSA) is 36.4 Å². The van der Waals surface area contributed by atoms with E-state index >= 15 is 0 Å². The van der Waals surface area contributed by atoms with Crippen LogP contribution in [0.4, 0.5) is 5.82 Å². The molecule has 1 fully saturated rings. The van der Waals surface area contributed by atoms with Gasteiger partial charge in [0.15, 0.2) is 0 Å². The zero-order valence-corrected chi connectivity index (χ0v) is 14.2. The van der Waals surface area contributed by atoms with Gasteiger partial charge in [0.25, 0.3) is 0 Å². The number of amides is 1. The number of fused-ring (bicyclic) bond motifs is 1. The molecule has 4 nitrogen and oxygen atoms in total. The van der Waals surface area contributed by atoms with E-state index in [1.165, 1.54) is 10.8 Å². The van der Waals surface area contributed by atoms with E-state index in [1.54, 1.807) is 11.3 Å². The van der Waals surface area contributed by atoms with Crippen molar-refractivity contribution in [3.8, 4) is 0 Å². The fourth-order valence-electron chi connectivity index (χ4n) is 3.20. The van der Waals surface area contributed by atoms with Gasteiger partial charge >= 0.3 is 0 Å². The summed E-state index contributed by atoms with van der Waals surface area (Å²) in [7, 11) is 0. The molecule has 3 heterocycles. The molecule has 0 saturated carbocycles. The van der Waals surface area contributed by atoms with Crippen molar-refractivity contribution < 1.29 is 4.79 Å². The van der Waals surface area contributed by atoms with Crippen molar-refractivity contribution >= 4 is 33.8 Å². The number of carbonyl (C=O) groups excluding carboxylic acids is 1. The molecular weight excluding hydrogens is 318 g/mol. The molecule has 1 aromatic carbocycles. The van der Waals surface area contributed by atoms with Gasteiger partial charge < -0.3 is 9.80 Å². The Labute approximate surface area is 145 Å². The monoisotopic (exact) mass is 337 g/mol. The molecule has 0 bridgehead atoms. The average Bonchev–Trinajstić information content (AvgIpc) is 3.14. The Morgan fingerprint density at radius 2 is 1.88 bits per heavy atom. The highest BCUT2D eigenvalue weighted by Gasteiger charge is 2.23. The molecule has 1 aliphatic heterocycles. The van der Waals surface area contributed by atoms with Gasteiger partial charge in [-0.05, 0) is 22.9 Å². The molecular formula is C19H19N3OS. The Morgan fingerprint density at radius 3 is 2.67 bits per heavy atom. The molecule has 2 aromatic heterocycles. The third kappa shape index (κ3) is 2.99. The van der Waals surface area contributed by atoms with Crippen molar-refractivity contribution in [2.45, 2.75) is 6.42 Å². The van der Waals surface area contributed by atoms with Gasteiger partial charge in [-0.3, -0.25) is 4.79 Å². The summed E-state index contributed by atoms with van der Waals surface area (Å²) in [6.45, 7) is 3.18. The highest BCUT2D eigenvalue weighted by molar-refractivity contribution is 7.10. The molecule has 122 valence electrons. The zero-order chi connectivity index (χ0) is 16.4. The van der Waals surface area contributed by atoms with Crippen molar-refractivity contribution in [1.82, 2.24) is 9.88 Å². The number of benzene rings is 1. The molecule has 0 radical (unpaired) electrons. The first-order valence-electron chi connectivity index (χ1n) is 8.20. The summed E-state index contributed by atoms with van der Waals surface area (Å²) in [4.78, 5) is 22.4. The highest BCUT2D eigenvalue weighted by Crippen LogP contribution is 2.25. The smallest absolute Gasteiger partial charge is 0.227 e. The number of carbonyl (C=O) groups is 1. The quantitative estimate of drug-likeness (QED) is 0.736. The van der Waals surface area contributed by atoms with Crippen molar-refractivity contribution in [2.24, 2.45) is 0 Å². The molecule has 1 amide bonds. The minimum absolute atomic E-state index is 0.225. The second-order valence-corrected chi connectivity index (χ2v) is 7.01. The van der Waals surface area contributed by atoms with Crippen molar-refractivity contribution in [3.63, 3.8) is 0 Å². The molecule has 3 aromatic rings. The lowest BCUT2D eigenvalue weighted by Crippen LogP contribution is -2.49. The fraction of sp³-hybridized carbons (Fsp3) is 0.263. The number of pyridine rings is 1. The Bertz CT molecular complexity index is 833. The maximum atomic E-state index is 12.4. The van der Waals surface area contributed by atoms with Gasteiger partial charge in [0.1, 0.15) is 5.82 Å². The van der Waals surface area contributed by atoms with Crippen LogP contribution in [0.2, 0.25) is 0 Å². The first kappa shape index (κ1) is 15.1. The van der Waals surface area contributed by atoms with Crippen molar-refractivity contribution in [1.29, 1.82) is 0 Å². The van der Waals surface area contributed by atoms with Gasteiger partial charge in [-0.2, -0.15) is 0 Å². The first-order valence-corrected chi connectivity index (χ1v) is 9.08. The molecule has 5 heteroatoms. The predicted molar refractivity (Wildman–Crippen MR) is 98.6 cm³/mol. The van der Waals surface area contributed by atoms with Crippen LogP contribution in [0.3, 0.4) is 0 Å². The van der Waals surface area contributed by atoms with E-state index < -0.39 is 0 Å². The number of aromatic nitrogens is 1. The molecule has 1 saturated heterocycles. The fourth-order valence-corrected chi connectivity index (χ4v) is 3.89. The van der Waals surface area contributed by atoms with E-state index in [4.69, 9.17) is 0 Å². The second-order valence-electron chi connectivity index (χ2n) is 5.98. The number of anilines is 1. The Balaban J connectivity index is 1.45. The van der Waals surface area contributed by atoms with Gasteiger partial charge in [-0.25, -0.2) is 4.98 Å². The van der Waals surface area contributed by atoms with E-state index in [9.17, 15) is 4.79 Å². The van der Waals surface area contributed by atoms with Gasteiger partial charge in [0, 0.05) is 42.6 Å². The lowest BCUT2D eigenvalue weighted by atomic mass is 10.1. The minimum Gasteiger partial charge on any atom is -0.353 e. The van der Waals surface area contributed by atoms with Crippen LogP contribution in [0.25, 0.3) is 10.8 Å². The second kappa shape index (κ2) is 6.61. The summed E-state index contributed by atoms with van der Waals surface area (Å²) in [6.07, 6.45) is 2.39. The third-order valence-electron chi connectivity index (χ3n) is 4.49. The van der Waals surface area contributed by atoms with Crippen LogP contribution in [0, 0.1) is 0 Å². The molecule has 0 N–H and O–H groups in total. The lowest BCUT2D eigenvalue weighted by Gasteiger charge is -2.35. The molecule has 0 atom stereocenters. The normalized spacial score (nSPS) is 15.0. The lowest BCUT2D eigenvalue weighted by molar-refractivity contribution is -0.130. The summed E-state index contributed by atoms with van der Waals surface area (Å²) in [5.74, 6) is 1.25. The van der Waals surface area contributed by atoms with E-state index in [1.807, 2.05) is 46.8 Å². The SMILES string of the molecule is O=C(Cc1cccs1)N1CCN(c2nccc3ccccc23)CC1. The van der Waals surface area contributed by atoms with Crippen LogP contribution in [-0.2, 0) is 11.2 Å². The number of rotatable bonds is 3. The average molecular weight is 337 g/mol. The van der Waals surface area contributed by atoms with E-state index in [-0.39, 0.29) is 5.91 Å². The van der Waals surface area contributed by atoms with Crippen LogP contribution in [-0.4, -0.2) is 42.0 Å². The van der Waals surface area contributed by atoms with Crippen LogP contribution in [0.1, 0.15) is 4.88 Å². The van der Waals surface area contributed by atoms with Gasteiger partial charge in [0.2, 0.25) is 5.91 Å². The van der Waals surface area contributed by atoms with Crippen molar-refractivity contribution in [2.75, 3.05) is 31.1 Å². The summed E-state index contributed by atoms with van der Waals surface area (Å²) in [5, 5.41) is 4.41. The van der Waals surface area contributed by atoms with E-state index in [0.717, 1.165) is 36.9 Å². The summed E-state index contributed by atoms with van der Waals surface area (Å²) in [6, 6.07) is 14.4. The molecule has 1 aliphatic rings. The van der Waals surface area contributed by atoms with Crippen molar-refractivity contribution in [3.05, 3.63) is 58.9 Å². The first-order chi connectivity index (χ1) is 11.8. The predicted octanol–water partition coefficient (Wildman–Crippen LogP) is 3.19. The molecule has 24 heavy (non-hydrogen) atoms. The zero-order valence-electron chi connectivity index (χ0n) is 13.4.